The van der Waals surface area contributed by atoms with Crippen molar-refractivity contribution in [3.8, 4) is 17.5 Å². The molecule has 42 heavy (non-hydrogen) atoms. The van der Waals surface area contributed by atoms with Crippen LogP contribution in [0.4, 0.5) is 24.8 Å². The number of nitrogens with one attached hydrogen (secondary N) is 2. The molecule has 4 aromatic rings. The van der Waals surface area contributed by atoms with Crippen molar-refractivity contribution in [3.63, 3.8) is 0 Å². The fourth-order valence-electron chi connectivity index (χ4n) is 4.67. The van der Waals surface area contributed by atoms with E-state index in [0.29, 0.717) is 16.8 Å². The zero-order valence-corrected chi connectivity index (χ0v) is 23.9. The molecule has 0 radical (unpaired) electrons. The predicted molar refractivity (Wildman–Crippen MR) is 154 cm³/mol. The van der Waals surface area contributed by atoms with E-state index in [1.54, 1.807) is 28.8 Å². The Labute approximate surface area is 242 Å². The summed E-state index contributed by atoms with van der Waals surface area (Å²) in [5.74, 6) is 0.308. The number of carbonyl (C=O) groups is 1. The van der Waals surface area contributed by atoms with Gasteiger partial charge < -0.3 is 16.4 Å². The summed E-state index contributed by atoms with van der Waals surface area (Å²) in [6.07, 6.45) is 3.12. The van der Waals surface area contributed by atoms with Crippen LogP contribution in [0.1, 0.15) is 81.0 Å². The van der Waals surface area contributed by atoms with Crippen LogP contribution in [0.5, 0.6) is 0 Å². The minimum Gasteiger partial charge on any atom is -0.382 e. The molecular weight excluding hydrogens is 547 g/mol. The number of nitrogen functional groups attached to an aromatic ring is 1. The largest absolute Gasteiger partial charge is 0.416 e. The summed E-state index contributed by atoms with van der Waals surface area (Å²) in [5.41, 5.74) is 7.29. The number of nitriles is 1. The summed E-state index contributed by atoms with van der Waals surface area (Å²) < 4.78 is 40.6. The molecule has 1 aliphatic rings. The van der Waals surface area contributed by atoms with Crippen LogP contribution in [-0.2, 0) is 6.18 Å². The average molecular weight is 582 g/mol. The lowest BCUT2D eigenvalue weighted by Gasteiger charge is -2.26. The van der Waals surface area contributed by atoms with Crippen LogP contribution in [0.3, 0.4) is 0 Å². The van der Waals surface area contributed by atoms with Crippen molar-refractivity contribution in [3.05, 3.63) is 65.9 Å². The number of pyridine rings is 1. The second-order valence-corrected chi connectivity index (χ2v) is 8.99. The number of alkyl halides is 3. The molecule has 13 heteroatoms. The number of aromatic nitrogens is 5. The Kier molecular flexibility index (Phi) is 10.8. The minimum atomic E-state index is -4.55. The molecule has 5 rings (SSSR count). The van der Waals surface area contributed by atoms with Gasteiger partial charge in [-0.25, -0.2) is 19.5 Å². The minimum absolute atomic E-state index is 0.118. The second-order valence-electron chi connectivity index (χ2n) is 8.99. The van der Waals surface area contributed by atoms with Crippen LogP contribution < -0.4 is 16.4 Å². The third-order valence-electron chi connectivity index (χ3n) is 6.60. The molecule has 1 aliphatic carbocycles. The van der Waals surface area contributed by atoms with Crippen LogP contribution in [0.2, 0.25) is 0 Å². The van der Waals surface area contributed by atoms with Gasteiger partial charge in [0.25, 0.3) is 5.91 Å². The van der Waals surface area contributed by atoms with Gasteiger partial charge in [0.05, 0.1) is 5.56 Å². The normalized spacial score (nSPS) is 16.2. The number of fused-ring (bicyclic) bond motifs is 1. The zero-order valence-electron chi connectivity index (χ0n) is 23.9. The molecule has 3 aromatic heterocycles. The Hall–Kier alpha value is -4.73. The van der Waals surface area contributed by atoms with E-state index in [1.807, 2.05) is 33.9 Å². The molecule has 1 amide bonds. The van der Waals surface area contributed by atoms with E-state index in [0.717, 1.165) is 49.8 Å². The van der Waals surface area contributed by atoms with Gasteiger partial charge in [-0.15, -0.1) is 0 Å². The highest BCUT2D eigenvalue weighted by molar-refractivity contribution is 6.04. The van der Waals surface area contributed by atoms with Crippen molar-refractivity contribution < 1.29 is 18.0 Å². The van der Waals surface area contributed by atoms with Crippen molar-refractivity contribution in [1.29, 1.82) is 5.26 Å². The van der Waals surface area contributed by atoms with E-state index in [-0.39, 0.29) is 29.2 Å². The van der Waals surface area contributed by atoms with Gasteiger partial charge in [0.2, 0.25) is 0 Å². The van der Waals surface area contributed by atoms with E-state index >= 15 is 0 Å². The Morgan fingerprint density at radius 1 is 1.05 bits per heavy atom. The lowest BCUT2D eigenvalue weighted by Crippen LogP contribution is -2.29. The Bertz CT molecular complexity index is 1520. The summed E-state index contributed by atoms with van der Waals surface area (Å²) in [4.78, 5) is 25.4. The van der Waals surface area contributed by atoms with E-state index in [9.17, 15) is 18.0 Å². The van der Waals surface area contributed by atoms with E-state index in [1.165, 1.54) is 6.33 Å². The Morgan fingerprint density at radius 3 is 2.33 bits per heavy atom. The number of amides is 1. The maximum Gasteiger partial charge on any atom is 0.416 e. The third kappa shape index (κ3) is 7.12. The molecule has 10 nitrogen and oxygen atoms in total. The molecule has 3 heterocycles. The van der Waals surface area contributed by atoms with Crippen molar-refractivity contribution in [1.82, 2.24) is 29.9 Å². The van der Waals surface area contributed by atoms with Crippen LogP contribution >= 0.6 is 0 Å². The number of halogens is 3. The van der Waals surface area contributed by atoms with E-state index < -0.39 is 17.6 Å². The summed E-state index contributed by atoms with van der Waals surface area (Å²) in [7, 11) is 0. The van der Waals surface area contributed by atoms with E-state index in [4.69, 9.17) is 16.0 Å². The number of carbonyl (C=O) groups excluding carboxylic acids is 1. The maximum absolute atomic E-state index is 13.0. The van der Waals surface area contributed by atoms with Crippen LogP contribution in [-0.4, -0.2) is 36.5 Å². The van der Waals surface area contributed by atoms with Gasteiger partial charge in [0, 0.05) is 29.3 Å². The van der Waals surface area contributed by atoms with Gasteiger partial charge in [-0.05, 0) is 49.9 Å². The molecule has 222 valence electrons. The summed E-state index contributed by atoms with van der Waals surface area (Å²) in [5, 5.41) is 18.5. The molecule has 1 saturated carbocycles. The summed E-state index contributed by atoms with van der Waals surface area (Å²) in [6.45, 7) is 8.00. The standard InChI is InChI=1S/C25H22F3N9O.2C2H6/c26-25(27,28)17-9-10-31-19(11-17)35-24(38)16-3-1-14(2-4-16)20-21-22(30)33-13-34-37(21)23(36-20)15-5-7-18(8-6-15)32-12-29;2*1-2/h1-4,9-11,13,15,18,32H,5-8H2,(H2,30,33,34)(H,31,35,38);2*1-2H3. The first kappa shape index (κ1) is 31.8. The van der Waals surface area contributed by atoms with E-state index in [2.05, 4.69) is 25.7 Å². The van der Waals surface area contributed by atoms with Gasteiger partial charge in [-0.3, -0.25) is 4.79 Å². The first-order valence-electron chi connectivity index (χ1n) is 13.8. The predicted octanol–water partition coefficient (Wildman–Crippen LogP) is 6.19. The third-order valence-corrected chi connectivity index (χ3v) is 6.60. The molecule has 0 bridgehead atoms. The number of hydrogen-bond donors (Lipinski definition) is 3. The summed E-state index contributed by atoms with van der Waals surface area (Å²) >= 11 is 0. The highest BCUT2D eigenvalue weighted by atomic mass is 19.4. The van der Waals surface area contributed by atoms with Gasteiger partial charge in [0.1, 0.15) is 29.2 Å². The molecule has 1 fully saturated rings. The number of benzene rings is 1. The molecular formula is C29H34F3N9O. The fourth-order valence-corrected chi connectivity index (χ4v) is 4.67. The van der Waals surface area contributed by atoms with Crippen molar-refractivity contribution in [2.24, 2.45) is 0 Å². The molecule has 0 unspecified atom stereocenters. The number of anilines is 2. The highest BCUT2D eigenvalue weighted by Gasteiger charge is 2.31. The second kappa shape index (κ2) is 14.2. The smallest absolute Gasteiger partial charge is 0.382 e. The van der Waals surface area contributed by atoms with Gasteiger partial charge >= 0.3 is 6.18 Å². The quantitative estimate of drug-likeness (QED) is 0.187. The Morgan fingerprint density at radius 2 is 1.71 bits per heavy atom. The number of rotatable bonds is 5. The zero-order chi connectivity index (χ0) is 30.9. The Balaban J connectivity index is 0.00000116. The lowest BCUT2D eigenvalue weighted by molar-refractivity contribution is -0.137. The molecule has 0 aliphatic heterocycles. The topological polar surface area (TPSA) is 147 Å². The van der Waals surface area contributed by atoms with Crippen molar-refractivity contribution in [2.45, 2.75) is 71.5 Å². The molecule has 0 spiro atoms. The first-order valence-corrected chi connectivity index (χ1v) is 13.8. The van der Waals surface area contributed by atoms with Gasteiger partial charge in [-0.1, -0.05) is 39.8 Å². The molecule has 1 aromatic carbocycles. The lowest BCUT2D eigenvalue weighted by atomic mass is 9.85. The fraction of sp³-hybridized carbons (Fsp3) is 0.379. The summed E-state index contributed by atoms with van der Waals surface area (Å²) in [6, 6.07) is 8.20. The first-order chi connectivity index (χ1) is 20.2. The maximum atomic E-state index is 13.0. The van der Waals surface area contributed by atoms with Gasteiger partial charge in [0.15, 0.2) is 12.0 Å². The van der Waals surface area contributed by atoms with Crippen LogP contribution in [0, 0.1) is 11.5 Å². The number of hydrogen-bond acceptors (Lipinski definition) is 8. The van der Waals surface area contributed by atoms with Crippen LogP contribution in [0.15, 0.2) is 48.9 Å². The van der Waals surface area contributed by atoms with Crippen molar-refractivity contribution >= 4 is 23.1 Å². The van der Waals surface area contributed by atoms with Gasteiger partial charge in [-0.2, -0.15) is 23.5 Å². The monoisotopic (exact) mass is 581 g/mol. The van der Waals surface area contributed by atoms with Crippen molar-refractivity contribution in [2.75, 3.05) is 11.1 Å². The number of nitrogens with two attached hydrogens (primary N) is 1. The molecule has 4 N–H and O–H groups in total. The number of nitrogens with zero attached hydrogens (tertiary/aromatic N) is 6. The SMILES string of the molecule is CC.CC.N#CNC1CCC(c2nc(-c3ccc(C(=O)Nc4cc(C(F)(F)F)ccn4)cc3)c3c(N)ncnn23)CC1. The molecule has 0 atom stereocenters. The number of imidazole rings is 1. The average Bonchev–Trinajstić information content (AvgIpc) is 3.41. The highest BCUT2D eigenvalue weighted by Crippen LogP contribution is 2.36. The van der Waals surface area contributed by atoms with Crippen LogP contribution in [0.25, 0.3) is 16.8 Å². The molecule has 0 saturated heterocycles.